The quantitative estimate of drug-likeness (QED) is 0.157. The van der Waals surface area contributed by atoms with Gasteiger partial charge in [-0.1, -0.05) is 159 Å². The molecule has 0 radical (unpaired) electrons. The van der Waals surface area contributed by atoms with Crippen LogP contribution in [-0.4, -0.2) is 6.71 Å². The van der Waals surface area contributed by atoms with E-state index in [0.717, 1.165) is 0 Å². The van der Waals surface area contributed by atoms with Crippen LogP contribution in [0.1, 0.15) is 150 Å². The average Bonchev–Trinajstić information content (AvgIpc) is 3.53. The zero-order valence-corrected chi connectivity index (χ0v) is 39.2. The maximum absolute atomic E-state index is 2.71. The van der Waals surface area contributed by atoms with Gasteiger partial charge in [0.05, 0.1) is 11.4 Å². The number of thiophene rings is 1. The molecule has 3 unspecified atom stereocenters. The monoisotopic (exact) mass is 813 g/mol. The normalized spacial score (nSPS) is 20.8. The molecule has 0 saturated carbocycles. The van der Waals surface area contributed by atoms with Crippen LogP contribution in [0.5, 0.6) is 0 Å². The van der Waals surface area contributed by atoms with Gasteiger partial charge in [0.1, 0.15) is 0 Å². The molecule has 6 aromatic carbocycles. The highest BCUT2D eigenvalue weighted by Gasteiger charge is 2.54. The van der Waals surface area contributed by atoms with Crippen LogP contribution < -0.4 is 20.6 Å². The lowest BCUT2D eigenvalue weighted by Crippen LogP contribution is -2.58. The van der Waals surface area contributed by atoms with Gasteiger partial charge in [-0.05, 0) is 140 Å². The molecule has 3 heteroatoms. The summed E-state index contributed by atoms with van der Waals surface area (Å²) in [5, 5.41) is 1.36. The number of hydrogen-bond donors (Lipinski definition) is 0. The second kappa shape index (κ2) is 12.9. The maximum Gasteiger partial charge on any atom is 0.260 e. The van der Waals surface area contributed by atoms with Crippen LogP contribution in [0.15, 0.2) is 109 Å². The number of hydrogen-bond acceptors (Lipinski definition) is 2. The molecule has 2 aliphatic heterocycles. The molecule has 11 rings (SSSR count). The van der Waals surface area contributed by atoms with E-state index in [2.05, 4.69) is 197 Å². The predicted octanol–water partition coefficient (Wildman–Crippen LogP) is 14.0. The second-order valence-corrected chi connectivity index (χ2v) is 23.3. The molecule has 0 amide bonds. The maximum atomic E-state index is 2.71. The first-order valence-corrected chi connectivity index (χ1v) is 23.7. The van der Waals surface area contributed by atoms with Crippen molar-refractivity contribution in [1.82, 2.24) is 0 Å². The number of nitrogens with zero attached hydrogens (tertiary/aromatic N) is 1. The summed E-state index contributed by atoms with van der Waals surface area (Å²) in [7, 11) is 0. The van der Waals surface area contributed by atoms with Gasteiger partial charge in [-0.3, -0.25) is 0 Å². The van der Waals surface area contributed by atoms with Crippen LogP contribution in [0.25, 0.3) is 21.2 Å². The number of fused-ring (bicyclic) bond motifs is 8. The molecule has 3 heterocycles. The van der Waals surface area contributed by atoms with Crippen molar-refractivity contribution in [1.29, 1.82) is 0 Å². The predicted molar refractivity (Wildman–Crippen MR) is 265 cm³/mol. The number of rotatable bonds is 2. The zero-order valence-electron chi connectivity index (χ0n) is 38.4. The van der Waals surface area contributed by atoms with Crippen molar-refractivity contribution in [2.45, 2.75) is 129 Å². The van der Waals surface area contributed by atoms with Gasteiger partial charge in [0, 0.05) is 37.4 Å². The summed E-state index contributed by atoms with van der Waals surface area (Å²) in [6.45, 7) is 29.1. The lowest BCUT2D eigenvalue weighted by atomic mass is 9.36. The molecule has 1 nitrogen and oxygen atoms in total. The van der Waals surface area contributed by atoms with Crippen LogP contribution in [0.2, 0.25) is 0 Å². The Labute approximate surface area is 369 Å². The van der Waals surface area contributed by atoms with E-state index in [-0.39, 0.29) is 40.2 Å². The van der Waals surface area contributed by atoms with E-state index in [1.165, 1.54) is 94.6 Å². The summed E-state index contributed by atoms with van der Waals surface area (Å²) < 4.78 is 2.84. The highest BCUT2D eigenvalue weighted by molar-refractivity contribution is 7.33. The minimum Gasteiger partial charge on any atom is -0.309 e. The fraction of sp³-hybridized carbons (Fsp3) is 0.345. The Kier molecular flexibility index (Phi) is 8.22. The smallest absolute Gasteiger partial charge is 0.260 e. The summed E-state index contributed by atoms with van der Waals surface area (Å²) in [5.74, 6) is 0.529. The third-order valence-corrected chi connectivity index (χ3v) is 16.9. The van der Waals surface area contributed by atoms with Crippen molar-refractivity contribution < 1.29 is 0 Å². The largest absolute Gasteiger partial charge is 0.309 e. The Morgan fingerprint density at radius 1 is 0.672 bits per heavy atom. The molecule has 0 saturated heterocycles. The summed E-state index contributed by atoms with van der Waals surface area (Å²) in [4.78, 5) is 2.71. The van der Waals surface area contributed by atoms with Crippen molar-refractivity contribution in [3.63, 3.8) is 0 Å². The third-order valence-electron chi connectivity index (χ3n) is 15.7. The van der Waals surface area contributed by atoms with E-state index in [9.17, 15) is 0 Å². The Hall–Kier alpha value is -4.86. The van der Waals surface area contributed by atoms with Gasteiger partial charge in [0.25, 0.3) is 6.71 Å². The van der Waals surface area contributed by atoms with Gasteiger partial charge in [0.2, 0.25) is 0 Å². The topological polar surface area (TPSA) is 3.24 Å². The molecule has 306 valence electrons. The summed E-state index contributed by atoms with van der Waals surface area (Å²) in [5.41, 5.74) is 24.6. The molecule has 4 aliphatic rings. The van der Waals surface area contributed by atoms with Gasteiger partial charge in [-0.2, -0.15) is 0 Å². The molecule has 0 spiro atoms. The minimum atomic E-state index is -0.0571. The van der Waals surface area contributed by atoms with E-state index < -0.39 is 0 Å². The first kappa shape index (κ1) is 39.0. The van der Waals surface area contributed by atoms with Gasteiger partial charge >= 0.3 is 0 Å². The van der Waals surface area contributed by atoms with Crippen molar-refractivity contribution in [3.05, 3.63) is 165 Å². The second-order valence-electron chi connectivity index (χ2n) is 22.2. The molecule has 3 atom stereocenters. The van der Waals surface area contributed by atoms with Crippen molar-refractivity contribution in [2.75, 3.05) is 4.90 Å². The van der Waals surface area contributed by atoms with E-state index in [1.807, 2.05) is 11.3 Å². The SMILES string of the molecule is Cc1cc2c3c(c1)N(c1ccc(C(C)(C)C)cc1-c1ccccc1)c1c(sc4ccc(C)cc14)B3c1ccc3c4c1C(c1ccc(C(C)(C)C)cc1C4(C)CCC3(C)C)C2C. The summed E-state index contributed by atoms with van der Waals surface area (Å²) >= 11 is 2.04. The Bertz CT molecular complexity index is 2990. The standard InChI is InChI=1S/C58H60BNS/c1-33-18-25-48-42(28-33)53-54(61-48)59-45-23-22-43-51-50(45)49(39-21-19-38(56(7,8)9)32-44(39)58(51,12)27-26-57(43,10)11)35(3)40-29-34(2)30-47(52(40)59)60(53)46-24-20-37(55(4,5)6)31-41(46)36-16-14-13-15-17-36/h13-25,28-32,35,49H,26-27H2,1-12H3. The lowest BCUT2D eigenvalue weighted by Gasteiger charge is -2.51. The molecule has 2 aliphatic carbocycles. The van der Waals surface area contributed by atoms with Crippen molar-refractivity contribution in [2.24, 2.45) is 0 Å². The Balaban J connectivity index is 1.29. The van der Waals surface area contributed by atoms with Gasteiger partial charge in [0.15, 0.2) is 0 Å². The molecule has 7 aromatic rings. The van der Waals surface area contributed by atoms with Crippen LogP contribution >= 0.6 is 11.3 Å². The average molecular weight is 814 g/mol. The van der Waals surface area contributed by atoms with Crippen molar-refractivity contribution >= 4 is 60.9 Å². The van der Waals surface area contributed by atoms with Gasteiger partial charge < -0.3 is 4.90 Å². The Morgan fingerprint density at radius 3 is 2.13 bits per heavy atom. The molecule has 0 bridgehead atoms. The molecule has 1 aromatic heterocycles. The molecule has 61 heavy (non-hydrogen) atoms. The van der Waals surface area contributed by atoms with E-state index in [0.29, 0.717) is 0 Å². The van der Waals surface area contributed by atoms with E-state index in [1.54, 1.807) is 27.8 Å². The molecular weight excluding hydrogens is 754 g/mol. The molecular formula is C58H60BNS. The lowest BCUT2D eigenvalue weighted by molar-refractivity contribution is 0.337. The minimum absolute atomic E-state index is 0.0133. The van der Waals surface area contributed by atoms with Gasteiger partial charge in [-0.25, -0.2) is 0 Å². The zero-order chi connectivity index (χ0) is 42.7. The first-order chi connectivity index (χ1) is 28.9. The van der Waals surface area contributed by atoms with Crippen LogP contribution in [0, 0.1) is 13.8 Å². The number of benzene rings is 6. The molecule has 0 fully saturated rings. The van der Waals surface area contributed by atoms with E-state index in [4.69, 9.17) is 0 Å². The highest BCUT2D eigenvalue weighted by atomic mass is 32.1. The Morgan fingerprint density at radius 2 is 1.39 bits per heavy atom. The van der Waals surface area contributed by atoms with Gasteiger partial charge in [-0.15, -0.1) is 11.3 Å². The van der Waals surface area contributed by atoms with Crippen LogP contribution in [0.4, 0.5) is 17.1 Å². The highest BCUT2D eigenvalue weighted by Crippen LogP contribution is 2.60. The van der Waals surface area contributed by atoms with E-state index >= 15 is 0 Å². The number of anilines is 3. The first-order valence-electron chi connectivity index (χ1n) is 22.9. The summed E-state index contributed by atoms with van der Waals surface area (Å²) in [6, 6.07) is 43.6. The number of aryl methyl sites for hydroxylation is 2. The third kappa shape index (κ3) is 5.51. The van der Waals surface area contributed by atoms with Crippen LogP contribution in [-0.2, 0) is 21.7 Å². The van der Waals surface area contributed by atoms with Crippen molar-refractivity contribution in [3.8, 4) is 11.1 Å². The summed E-state index contributed by atoms with van der Waals surface area (Å²) in [6.07, 6.45) is 2.36. The fourth-order valence-corrected chi connectivity index (χ4v) is 13.6. The molecule has 0 N–H and O–H groups in total. The fourth-order valence-electron chi connectivity index (χ4n) is 12.3. The van der Waals surface area contributed by atoms with Crippen LogP contribution in [0.3, 0.4) is 0 Å².